The van der Waals surface area contributed by atoms with Crippen LogP contribution in [0.25, 0.3) is 5.69 Å². The number of aryl methyl sites for hydroxylation is 1. The van der Waals surface area contributed by atoms with E-state index in [4.69, 9.17) is 0 Å². The van der Waals surface area contributed by atoms with Gasteiger partial charge in [-0.1, -0.05) is 0 Å². The number of amides is 2. The normalized spacial score (nSPS) is 10.7. The number of carbonyl (C=O) groups excluding carboxylic acids is 2. The second-order valence-corrected chi connectivity index (χ2v) is 6.94. The van der Waals surface area contributed by atoms with Gasteiger partial charge in [0.1, 0.15) is 5.82 Å². The molecule has 0 atom stereocenters. The predicted molar refractivity (Wildman–Crippen MR) is 115 cm³/mol. The van der Waals surface area contributed by atoms with Crippen LogP contribution in [0.4, 0.5) is 10.1 Å². The summed E-state index contributed by atoms with van der Waals surface area (Å²) in [6, 6.07) is 12.8. The van der Waals surface area contributed by atoms with Crippen LogP contribution in [0.1, 0.15) is 46.0 Å². The largest absolute Gasteiger partial charge is 0.339 e. The topological polar surface area (TPSA) is 67.2 Å². The molecular weight excluding hydrogens is 383 g/mol. The quantitative estimate of drug-likeness (QED) is 0.659. The van der Waals surface area contributed by atoms with Gasteiger partial charge in [0.25, 0.3) is 11.8 Å². The van der Waals surface area contributed by atoms with Crippen LogP contribution in [0.2, 0.25) is 0 Å². The van der Waals surface area contributed by atoms with E-state index in [1.807, 2.05) is 13.8 Å². The number of hydrogen-bond donors (Lipinski definition) is 1. The SMILES string of the molecule is CCN(CC)C(=O)c1ccc(NC(=O)c2c(C)nn(-c3ccc(F)cc3)c2C)cc1. The van der Waals surface area contributed by atoms with Crippen LogP contribution in [-0.4, -0.2) is 39.6 Å². The van der Waals surface area contributed by atoms with Crippen LogP contribution in [-0.2, 0) is 0 Å². The highest BCUT2D eigenvalue weighted by Crippen LogP contribution is 2.20. The molecule has 2 aromatic carbocycles. The highest BCUT2D eigenvalue weighted by Gasteiger charge is 2.20. The number of benzene rings is 2. The minimum absolute atomic E-state index is 0.0369. The maximum absolute atomic E-state index is 13.2. The van der Waals surface area contributed by atoms with Crippen LogP contribution in [0.5, 0.6) is 0 Å². The molecule has 0 bridgehead atoms. The lowest BCUT2D eigenvalue weighted by Crippen LogP contribution is -2.30. The van der Waals surface area contributed by atoms with E-state index in [1.165, 1.54) is 12.1 Å². The number of nitrogens with one attached hydrogen (secondary N) is 1. The van der Waals surface area contributed by atoms with Gasteiger partial charge in [-0.2, -0.15) is 5.10 Å². The molecule has 0 aliphatic heterocycles. The molecule has 3 aromatic rings. The summed E-state index contributed by atoms with van der Waals surface area (Å²) in [5.41, 5.74) is 3.53. The van der Waals surface area contributed by atoms with Gasteiger partial charge in [-0.3, -0.25) is 9.59 Å². The average Bonchev–Trinajstić information content (AvgIpc) is 3.04. The van der Waals surface area contributed by atoms with Crippen LogP contribution in [0.3, 0.4) is 0 Å². The first-order chi connectivity index (χ1) is 14.3. The Bertz CT molecular complexity index is 1050. The molecule has 0 aliphatic rings. The summed E-state index contributed by atoms with van der Waals surface area (Å²) in [5, 5.41) is 7.29. The summed E-state index contributed by atoms with van der Waals surface area (Å²) in [6.07, 6.45) is 0. The zero-order valence-corrected chi connectivity index (χ0v) is 17.6. The highest BCUT2D eigenvalue weighted by molar-refractivity contribution is 6.06. The first kappa shape index (κ1) is 21.2. The first-order valence-corrected chi connectivity index (χ1v) is 9.88. The molecule has 0 saturated carbocycles. The molecule has 0 radical (unpaired) electrons. The molecule has 0 unspecified atom stereocenters. The second kappa shape index (κ2) is 8.90. The monoisotopic (exact) mass is 408 g/mol. The Morgan fingerprint density at radius 3 is 2.17 bits per heavy atom. The molecule has 3 rings (SSSR count). The number of rotatable bonds is 6. The average molecular weight is 408 g/mol. The summed E-state index contributed by atoms with van der Waals surface area (Å²) in [5.74, 6) is -0.660. The summed E-state index contributed by atoms with van der Waals surface area (Å²) in [6.45, 7) is 8.71. The van der Waals surface area contributed by atoms with Gasteiger partial charge in [-0.15, -0.1) is 0 Å². The summed E-state index contributed by atoms with van der Waals surface area (Å²) in [4.78, 5) is 27.0. The second-order valence-electron chi connectivity index (χ2n) is 6.94. The molecular formula is C23H25FN4O2. The van der Waals surface area contributed by atoms with Gasteiger partial charge in [0.15, 0.2) is 0 Å². The molecule has 2 amide bonds. The molecule has 1 N–H and O–H groups in total. The summed E-state index contributed by atoms with van der Waals surface area (Å²) >= 11 is 0. The van der Waals surface area contributed by atoms with Crippen molar-refractivity contribution in [2.45, 2.75) is 27.7 Å². The Balaban J connectivity index is 1.79. The molecule has 0 spiro atoms. The predicted octanol–water partition coefficient (Wildman–Crippen LogP) is 4.36. The minimum atomic E-state index is -0.332. The third-order valence-electron chi connectivity index (χ3n) is 5.03. The Hall–Kier alpha value is -3.48. The molecule has 7 heteroatoms. The van der Waals surface area contributed by atoms with Crippen molar-refractivity contribution in [1.82, 2.24) is 14.7 Å². The van der Waals surface area contributed by atoms with Gasteiger partial charge in [0.2, 0.25) is 0 Å². The van der Waals surface area contributed by atoms with Crippen molar-refractivity contribution in [3.05, 3.63) is 76.9 Å². The van der Waals surface area contributed by atoms with Crippen molar-refractivity contribution in [1.29, 1.82) is 0 Å². The number of anilines is 1. The van der Waals surface area contributed by atoms with Crippen LogP contribution in [0.15, 0.2) is 48.5 Å². The van der Waals surface area contributed by atoms with Crippen molar-refractivity contribution in [2.24, 2.45) is 0 Å². The molecule has 1 aromatic heterocycles. The van der Waals surface area contributed by atoms with Gasteiger partial charge >= 0.3 is 0 Å². The molecule has 6 nitrogen and oxygen atoms in total. The number of hydrogen-bond acceptors (Lipinski definition) is 3. The maximum Gasteiger partial charge on any atom is 0.259 e. The van der Waals surface area contributed by atoms with Crippen LogP contribution in [0, 0.1) is 19.7 Å². The Kier molecular flexibility index (Phi) is 6.30. The van der Waals surface area contributed by atoms with E-state index < -0.39 is 0 Å². The van der Waals surface area contributed by atoms with Crippen molar-refractivity contribution in [3.8, 4) is 5.69 Å². The van der Waals surface area contributed by atoms with E-state index in [-0.39, 0.29) is 17.6 Å². The van der Waals surface area contributed by atoms with E-state index in [0.717, 1.165) is 0 Å². The molecule has 0 saturated heterocycles. The summed E-state index contributed by atoms with van der Waals surface area (Å²) < 4.78 is 14.8. The van der Waals surface area contributed by atoms with Crippen molar-refractivity contribution in [3.63, 3.8) is 0 Å². The Labute approximate surface area is 175 Å². The van der Waals surface area contributed by atoms with E-state index in [2.05, 4.69) is 10.4 Å². The van der Waals surface area contributed by atoms with E-state index in [1.54, 1.807) is 59.8 Å². The third kappa shape index (κ3) is 4.25. The Morgan fingerprint density at radius 1 is 1.00 bits per heavy atom. The zero-order valence-electron chi connectivity index (χ0n) is 17.6. The lowest BCUT2D eigenvalue weighted by molar-refractivity contribution is 0.0773. The van der Waals surface area contributed by atoms with Gasteiger partial charge in [-0.25, -0.2) is 9.07 Å². The first-order valence-electron chi connectivity index (χ1n) is 9.88. The smallest absolute Gasteiger partial charge is 0.259 e. The van der Waals surface area contributed by atoms with E-state index in [0.29, 0.717) is 47.0 Å². The minimum Gasteiger partial charge on any atom is -0.339 e. The number of carbonyl (C=O) groups is 2. The summed E-state index contributed by atoms with van der Waals surface area (Å²) in [7, 11) is 0. The number of aromatic nitrogens is 2. The lowest BCUT2D eigenvalue weighted by Gasteiger charge is -2.18. The standard InChI is InChI=1S/C23H25FN4O2/c1-5-27(6-2)23(30)17-7-11-19(12-8-17)25-22(29)21-15(3)26-28(16(21)4)20-13-9-18(24)10-14-20/h7-14H,5-6H2,1-4H3,(H,25,29). The van der Waals surface area contributed by atoms with E-state index in [9.17, 15) is 14.0 Å². The fourth-order valence-electron chi connectivity index (χ4n) is 3.39. The molecule has 156 valence electrons. The fraction of sp³-hybridized carbons (Fsp3) is 0.261. The van der Waals surface area contributed by atoms with Crippen molar-refractivity contribution < 1.29 is 14.0 Å². The zero-order chi connectivity index (χ0) is 21.8. The van der Waals surface area contributed by atoms with Gasteiger partial charge in [0.05, 0.1) is 22.6 Å². The molecule has 0 fully saturated rings. The molecule has 30 heavy (non-hydrogen) atoms. The van der Waals surface area contributed by atoms with Gasteiger partial charge in [0, 0.05) is 24.3 Å². The van der Waals surface area contributed by atoms with Crippen LogP contribution < -0.4 is 5.32 Å². The number of halogens is 1. The highest BCUT2D eigenvalue weighted by atomic mass is 19.1. The lowest BCUT2D eigenvalue weighted by atomic mass is 10.1. The van der Waals surface area contributed by atoms with Crippen molar-refractivity contribution in [2.75, 3.05) is 18.4 Å². The Morgan fingerprint density at radius 2 is 1.60 bits per heavy atom. The van der Waals surface area contributed by atoms with Gasteiger partial charge < -0.3 is 10.2 Å². The van der Waals surface area contributed by atoms with Crippen LogP contribution >= 0.6 is 0 Å². The fourth-order valence-corrected chi connectivity index (χ4v) is 3.39. The third-order valence-corrected chi connectivity index (χ3v) is 5.03. The van der Waals surface area contributed by atoms with Crippen molar-refractivity contribution >= 4 is 17.5 Å². The van der Waals surface area contributed by atoms with Gasteiger partial charge in [-0.05, 0) is 76.2 Å². The van der Waals surface area contributed by atoms with E-state index >= 15 is 0 Å². The number of nitrogens with zero attached hydrogens (tertiary/aromatic N) is 3. The molecule has 0 aliphatic carbocycles. The maximum atomic E-state index is 13.2. The molecule has 1 heterocycles.